The summed E-state index contributed by atoms with van der Waals surface area (Å²) in [4.78, 5) is 16.6. The summed E-state index contributed by atoms with van der Waals surface area (Å²) in [6, 6.07) is 5.78. The van der Waals surface area contributed by atoms with Crippen LogP contribution in [0.25, 0.3) is 5.69 Å². The van der Waals surface area contributed by atoms with E-state index in [2.05, 4.69) is 19.7 Å². The van der Waals surface area contributed by atoms with Crippen LogP contribution in [-0.2, 0) is 17.9 Å². The van der Waals surface area contributed by atoms with E-state index in [1.807, 2.05) is 30.0 Å². The van der Waals surface area contributed by atoms with Gasteiger partial charge in [0.1, 0.15) is 5.82 Å². The van der Waals surface area contributed by atoms with Crippen molar-refractivity contribution in [3.63, 3.8) is 0 Å². The molecule has 0 bridgehead atoms. The zero-order valence-electron chi connectivity index (χ0n) is 18.7. The van der Waals surface area contributed by atoms with Gasteiger partial charge >= 0.3 is 0 Å². The van der Waals surface area contributed by atoms with Crippen molar-refractivity contribution in [2.24, 2.45) is 5.92 Å². The van der Waals surface area contributed by atoms with Crippen LogP contribution in [0.4, 0.5) is 8.78 Å². The lowest BCUT2D eigenvalue weighted by Gasteiger charge is -2.51. The second kappa shape index (κ2) is 7.47. The Balaban J connectivity index is 1.31. The zero-order valence-corrected chi connectivity index (χ0v) is 19.5. The molecule has 0 spiro atoms. The van der Waals surface area contributed by atoms with Crippen molar-refractivity contribution in [3.05, 3.63) is 40.4 Å². The maximum absolute atomic E-state index is 13.8. The molecular weight excluding hydrogens is 448 g/mol. The highest BCUT2D eigenvalue weighted by atomic mass is 35.5. The SMILES string of the molecule is CC1(N2Cc3cc(Cl)ccc3-n3c(nnc3C3CCN(C(=O)C4CC4)CC3)C2)CC(F)(F)C1. The summed E-state index contributed by atoms with van der Waals surface area (Å²) in [6.07, 6.45) is 3.46. The summed E-state index contributed by atoms with van der Waals surface area (Å²) >= 11 is 6.33. The quantitative estimate of drug-likeness (QED) is 0.654. The fourth-order valence-corrected chi connectivity index (χ4v) is 6.10. The number of hydrogen-bond acceptors (Lipinski definition) is 4. The highest BCUT2D eigenvalue weighted by Gasteiger charge is 2.57. The molecule has 6 nitrogen and oxygen atoms in total. The lowest BCUT2D eigenvalue weighted by atomic mass is 9.73. The van der Waals surface area contributed by atoms with Crippen LogP contribution >= 0.6 is 11.6 Å². The molecule has 1 aromatic carbocycles. The first-order valence-electron chi connectivity index (χ1n) is 11.9. The monoisotopic (exact) mass is 475 g/mol. The Labute approximate surface area is 196 Å². The normalized spacial score (nSPS) is 24.5. The average molecular weight is 476 g/mol. The molecule has 2 aliphatic carbocycles. The fourth-order valence-electron chi connectivity index (χ4n) is 5.91. The number of fused-ring (bicyclic) bond motifs is 3. The van der Waals surface area contributed by atoms with Gasteiger partial charge in [-0.2, -0.15) is 0 Å². The molecular formula is C24H28ClF2N5O. The number of alkyl halides is 2. The predicted octanol–water partition coefficient (Wildman–Crippen LogP) is 4.54. The van der Waals surface area contributed by atoms with E-state index < -0.39 is 11.5 Å². The molecule has 6 rings (SSSR count). The topological polar surface area (TPSA) is 54.3 Å². The van der Waals surface area contributed by atoms with Crippen LogP contribution in [0, 0.1) is 5.92 Å². The van der Waals surface area contributed by atoms with Gasteiger partial charge in [-0.05, 0) is 56.4 Å². The van der Waals surface area contributed by atoms with Crippen molar-refractivity contribution in [2.45, 2.75) is 75.9 Å². The largest absolute Gasteiger partial charge is 0.342 e. The lowest BCUT2D eigenvalue weighted by Crippen LogP contribution is -2.59. The van der Waals surface area contributed by atoms with E-state index in [1.54, 1.807) is 0 Å². The highest BCUT2D eigenvalue weighted by Crippen LogP contribution is 2.50. The van der Waals surface area contributed by atoms with Gasteiger partial charge in [0.15, 0.2) is 5.82 Å². The van der Waals surface area contributed by atoms with Gasteiger partial charge in [0.25, 0.3) is 5.92 Å². The molecule has 3 heterocycles. The molecule has 1 saturated heterocycles. The molecule has 33 heavy (non-hydrogen) atoms. The number of benzene rings is 1. The molecule has 1 aromatic heterocycles. The van der Waals surface area contributed by atoms with E-state index in [4.69, 9.17) is 11.6 Å². The fraction of sp³-hybridized carbons (Fsp3) is 0.625. The summed E-state index contributed by atoms with van der Waals surface area (Å²) in [5, 5.41) is 9.75. The van der Waals surface area contributed by atoms with Gasteiger partial charge in [0.2, 0.25) is 5.91 Å². The van der Waals surface area contributed by atoms with Crippen LogP contribution < -0.4 is 0 Å². The molecule has 0 unspecified atom stereocenters. The minimum absolute atomic E-state index is 0.148. The van der Waals surface area contributed by atoms with Gasteiger partial charge in [-0.25, -0.2) is 8.78 Å². The molecule has 2 aliphatic heterocycles. The molecule has 0 atom stereocenters. The van der Waals surface area contributed by atoms with Gasteiger partial charge < -0.3 is 4.90 Å². The molecule has 0 radical (unpaired) electrons. The van der Waals surface area contributed by atoms with Gasteiger partial charge in [-0.15, -0.1) is 10.2 Å². The van der Waals surface area contributed by atoms with Gasteiger partial charge in [0.05, 0.1) is 12.2 Å². The third kappa shape index (κ3) is 3.75. The number of nitrogens with zero attached hydrogens (tertiary/aromatic N) is 5. The third-order valence-corrected chi connectivity index (χ3v) is 8.11. The van der Waals surface area contributed by atoms with E-state index in [0.29, 0.717) is 24.0 Å². The molecule has 1 amide bonds. The van der Waals surface area contributed by atoms with Crippen molar-refractivity contribution in [3.8, 4) is 5.69 Å². The maximum Gasteiger partial charge on any atom is 0.251 e. The standard InChI is InChI=1S/C24H28ClF2N5O/c1-23(13-24(26,27)14-23)31-11-17-10-18(25)4-5-19(17)32-20(12-31)28-29-21(32)15-6-8-30(9-7-15)22(33)16-2-3-16/h4-5,10,15-16H,2-3,6-9,11-14H2,1H3. The number of likely N-dealkylation sites (tertiary alicyclic amines) is 1. The van der Waals surface area contributed by atoms with E-state index >= 15 is 0 Å². The Morgan fingerprint density at radius 2 is 1.82 bits per heavy atom. The Kier molecular flexibility index (Phi) is 4.86. The van der Waals surface area contributed by atoms with Crippen LogP contribution in [0.3, 0.4) is 0 Å². The van der Waals surface area contributed by atoms with E-state index in [9.17, 15) is 13.6 Å². The summed E-state index contributed by atoms with van der Waals surface area (Å²) in [7, 11) is 0. The van der Waals surface area contributed by atoms with E-state index in [-0.39, 0.29) is 24.7 Å². The highest BCUT2D eigenvalue weighted by molar-refractivity contribution is 6.30. The van der Waals surface area contributed by atoms with Crippen LogP contribution in [0.1, 0.15) is 68.6 Å². The number of amides is 1. The summed E-state index contributed by atoms with van der Waals surface area (Å²) in [6.45, 7) is 4.41. The van der Waals surface area contributed by atoms with Crippen LogP contribution in [0.2, 0.25) is 5.02 Å². The summed E-state index contributed by atoms with van der Waals surface area (Å²) in [5.74, 6) is -0.183. The van der Waals surface area contributed by atoms with E-state index in [0.717, 1.165) is 61.7 Å². The smallest absolute Gasteiger partial charge is 0.251 e. The number of carbonyl (C=O) groups excluding carboxylic acids is 1. The lowest BCUT2D eigenvalue weighted by molar-refractivity contribution is -0.173. The Bertz CT molecular complexity index is 1100. The Morgan fingerprint density at radius 1 is 1.09 bits per heavy atom. The summed E-state index contributed by atoms with van der Waals surface area (Å²) in [5.41, 5.74) is 1.39. The molecule has 9 heteroatoms. The zero-order chi connectivity index (χ0) is 23.0. The van der Waals surface area contributed by atoms with Crippen LogP contribution in [0.5, 0.6) is 0 Å². The maximum atomic E-state index is 13.8. The summed E-state index contributed by atoms with van der Waals surface area (Å²) < 4.78 is 29.8. The Hall–Kier alpha value is -2.06. The van der Waals surface area contributed by atoms with Crippen molar-refractivity contribution >= 4 is 17.5 Å². The minimum atomic E-state index is -2.61. The van der Waals surface area contributed by atoms with Gasteiger partial charge in [-0.3, -0.25) is 14.3 Å². The molecule has 2 aromatic rings. The van der Waals surface area contributed by atoms with Crippen molar-refractivity contribution < 1.29 is 13.6 Å². The van der Waals surface area contributed by atoms with E-state index in [1.165, 1.54) is 0 Å². The second-order valence-corrected chi connectivity index (χ2v) is 11.0. The third-order valence-electron chi connectivity index (χ3n) is 7.87. The number of hydrogen-bond donors (Lipinski definition) is 0. The van der Waals surface area contributed by atoms with Crippen LogP contribution in [-0.4, -0.2) is 55.0 Å². The predicted molar refractivity (Wildman–Crippen MR) is 119 cm³/mol. The number of rotatable bonds is 3. The van der Waals surface area contributed by atoms with Gasteiger partial charge in [-0.1, -0.05) is 11.6 Å². The van der Waals surface area contributed by atoms with Gasteiger partial charge in [0, 0.05) is 54.9 Å². The Morgan fingerprint density at radius 3 is 2.48 bits per heavy atom. The first-order valence-corrected chi connectivity index (χ1v) is 12.2. The second-order valence-electron chi connectivity index (χ2n) is 10.5. The molecule has 0 N–H and O–H groups in total. The first kappa shape index (κ1) is 21.5. The van der Waals surface area contributed by atoms with Crippen molar-refractivity contribution in [1.29, 1.82) is 0 Å². The molecule has 3 fully saturated rings. The molecule has 176 valence electrons. The number of carbonyl (C=O) groups is 1. The molecule has 4 aliphatic rings. The first-order chi connectivity index (χ1) is 15.7. The van der Waals surface area contributed by atoms with Crippen LogP contribution in [0.15, 0.2) is 18.2 Å². The minimum Gasteiger partial charge on any atom is -0.342 e. The molecule has 2 saturated carbocycles. The number of piperidine rings is 1. The number of halogens is 3. The average Bonchev–Trinajstić information content (AvgIpc) is 3.54. The van der Waals surface area contributed by atoms with Crippen molar-refractivity contribution in [2.75, 3.05) is 13.1 Å². The number of aromatic nitrogens is 3. The van der Waals surface area contributed by atoms with Crippen molar-refractivity contribution in [1.82, 2.24) is 24.6 Å².